The van der Waals surface area contributed by atoms with Gasteiger partial charge in [-0.1, -0.05) is 6.07 Å². The summed E-state index contributed by atoms with van der Waals surface area (Å²) >= 11 is 3.27. The number of halogens is 1. The Kier molecular flexibility index (Phi) is 10.7. The highest BCUT2D eigenvalue weighted by atomic mass is 79.9. The highest BCUT2D eigenvalue weighted by molar-refractivity contribution is 9.10. The summed E-state index contributed by atoms with van der Waals surface area (Å²) in [6.07, 6.45) is 8.59. The zero-order valence-corrected chi connectivity index (χ0v) is 21.7. The molecule has 3 heterocycles. The standard InChI is InChI=1S/C24H34BrN7O3/c1-17(33)26-11-14-32(13-9-21(23(34)35)31-24-28-15-19(25)16-29-24)12-3-2-6-20-8-7-18-5-4-10-27-22(18)30-20/h7-8,15-16,21H,2-6,9-14H2,1H3,(H,26,33)(H,27,30)(H,34,35)(H,28,29,31)/t21-/m0/s1. The summed E-state index contributed by atoms with van der Waals surface area (Å²) in [5, 5.41) is 18.8. The molecule has 0 radical (unpaired) electrons. The van der Waals surface area contributed by atoms with E-state index in [9.17, 15) is 14.7 Å². The lowest BCUT2D eigenvalue weighted by Crippen LogP contribution is -2.39. The molecule has 3 rings (SSSR count). The Morgan fingerprint density at radius 3 is 2.74 bits per heavy atom. The fraction of sp³-hybridized carbons (Fsp3) is 0.542. The lowest BCUT2D eigenvalue weighted by Gasteiger charge is -2.24. The third kappa shape index (κ3) is 9.41. The molecule has 1 atom stereocenters. The van der Waals surface area contributed by atoms with Crippen LogP contribution in [0.2, 0.25) is 0 Å². The first kappa shape index (κ1) is 26.8. The van der Waals surface area contributed by atoms with Crippen LogP contribution in [0, 0.1) is 0 Å². The van der Waals surface area contributed by atoms with E-state index in [4.69, 9.17) is 4.98 Å². The van der Waals surface area contributed by atoms with Gasteiger partial charge in [0, 0.05) is 51.2 Å². The second-order valence-electron chi connectivity index (χ2n) is 8.67. The third-order valence-electron chi connectivity index (χ3n) is 5.87. The number of unbranched alkanes of at least 4 members (excludes halogenated alkanes) is 1. The molecule has 190 valence electrons. The van der Waals surface area contributed by atoms with Gasteiger partial charge in [-0.2, -0.15) is 0 Å². The summed E-state index contributed by atoms with van der Waals surface area (Å²) < 4.78 is 0.723. The average molecular weight is 548 g/mol. The molecule has 1 aliphatic heterocycles. The number of rotatable bonds is 14. The number of carboxylic acid groups (broad SMARTS) is 1. The molecule has 35 heavy (non-hydrogen) atoms. The average Bonchev–Trinajstić information content (AvgIpc) is 2.84. The van der Waals surface area contributed by atoms with Crippen molar-refractivity contribution in [3.63, 3.8) is 0 Å². The van der Waals surface area contributed by atoms with Crippen molar-refractivity contribution in [2.75, 3.05) is 43.4 Å². The molecule has 0 aliphatic carbocycles. The number of pyridine rings is 1. The molecule has 0 saturated carbocycles. The predicted molar refractivity (Wildman–Crippen MR) is 139 cm³/mol. The molecule has 0 unspecified atom stereocenters. The molecule has 1 aliphatic rings. The Balaban J connectivity index is 1.49. The maximum absolute atomic E-state index is 11.8. The van der Waals surface area contributed by atoms with Crippen molar-refractivity contribution in [2.24, 2.45) is 0 Å². The summed E-state index contributed by atoms with van der Waals surface area (Å²) in [4.78, 5) is 38.2. The van der Waals surface area contributed by atoms with E-state index in [0.29, 0.717) is 26.1 Å². The van der Waals surface area contributed by atoms with E-state index in [1.165, 1.54) is 12.5 Å². The number of aliphatic carboxylic acids is 1. The number of hydrogen-bond acceptors (Lipinski definition) is 8. The minimum Gasteiger partial charge on any atom is -0.480 e. The van der Waals surface area contributed by atoms with E-state index in [1.54, 1.807) is 12.4 Å². The fourth-order valence-corrected chi connectivity index (χ4v) is 4.19. The second kappa shape index (κ2) is 13.9. The van der Waals surface area contributed by atoms with Crippen molar-refractivity contribution in [1.82, 2.24) is 25.2 Å². The molecule has 10 nitrogen and oxygen atoms in total. The number of carbonyl (C=O) groups excluding carboxylic acids is 1. The largest absolute Gasteiger partial charge is 0.480 e. The normalized spacial score (nSPS) is 13.6. The second-order valence-corrected chi connectivity index (χ2v) is 9.59. The Morgan fingerprint density at radius 2 is 2.00 bits per heavy atom. The summed E-state index contributed by atoms with van der Waals surface area (Å²) in [6.45, 7) is 5.03. The Morgan fingerprint density at radius 1 is 1.20 bits per heavy atom. The van der Waals surface area contributed by atoms with Gasteiger partial charge in [-0.05, 0) is 72.6 Å². The first-order valence-corrected chi connectivity index (χ1v) is 12.9. The highest BCUT2D eigenvalue weighted by Crippen LogP contribution is 2.20. The maximum Gasteiger partial charge on any atom is 0.326 e. The van der Waals surface area contributed by atoms with Crippen molar-refractivity contribution in [3.8, 4) is 0 Å². The number of nitrogens with one attached hydrogen (secondary N) is 3. The molecular formula is C24H34BrN7O3. The van der Waals surface area contributed by atoms with Gasteiger partial charge in [0.1, 0.15) is 11.9 Å². The molecule has 0 saturated heterocycles. The minimum atomic E-state index is -0.953. The lowest BCUT2D eigenvalue weighted by atomic mass is 10.1. The molecule has 1 amide bonds. The lowest BCUT2D eigenvalue weighted by molar-refractivity contribution is -0.138. The Labute approximate surface area is 214 Å². The van der Waals surface area contributed by atoms with Crippen LogP contribution in [-0.2, 0) is 22.4 Å². The van der Waals surface area contributed by atoms with Crippen LogP contribution in [0.3, 0.4) is 0 Å². The van der Waals surface area contributed by atoms with Gasteiger partial charge in [-0.15, -0.1) is 0 Å². The molecular weight excluding hydrogens is 514 g/mol. The van der Waals surface area contributed by atoms with Crippen LogP contribution >= 0.6 is 15.9 Å². The van der Waals surface area contributed by atoms with E-state index >= 15 is 0 Å². The molecule has 2 aromatic rings. The fourth-order valence-electron chi connectivity index (χ4n) is 3.99. The van der Waals surface area contributed by atoms with E-state index in [1.807, 2.05) is 0 Å². The third-order valence-corrected chi connectivity index (χ3v) is 6.28. The molecule has 11 heteroatoms. The summed E-state index contributed by atoms with van der Waals surface area (Å²) in [5.74, 6) is 0.269. The van der Waals surface area contributed by atoms with Gasteiger partial charge >= 0.3 is 5.97 Å². The van der Waals surface area contributed by atoms with Crippen molar-refractivity contribution in [1.29, 1.82) is 0 Å². The zero-order chi connectivity index (χ0) is 25.0. The Bertz CT molecular complexity index is 974. The van der Waals surface area contributed by atoms with Crippen LogP contribution in [0.1, 0.15) is 43.9 Å². The molecule has 2 aromatic heterocycles. The van der Waals surface area contributed by atoms with Gasteiger partial charge in [0.2, 0.25) is 11.9 Å². The van der Waals surface area contributed by atoms with Crippen LogP contribution in [-0.4, -0.2) is 75.6 Å². The zero-order valence-electron chi connectivity index (χ0n) is 20.1. The summed E-state index contributed by atoms with van der Waals surface area (Å²) in [6, 6.07) is 3.48. The van der Waals surface area contributed by atoms with Crippen LogP contribution < -0.4 is 16.0 Å². The first-order valence-electron chi connectivity index (χ1n) is 12.1. The van der Waals surface area contributed by atoms with Crippen LogP contribution in [0.5, 0.6) is 0 Å². The van der Waals surface area contributed by atoms with Crippen molar-refractivity contribution in [3.05, 3.63) is 40.3 Å². The van der Waals surface area contributed by atoms with E-state index in [-0.39, 0.29) is 11.9 Å². The van der Waals surface area contributed by atoms with Crippen molar-refractivity contribution in [2.45, 2.75) is 51.5 Å². The number of carboxylic acids is 1. The number of aromatic nitrogens is 3. The number of carbonyl (C=O) groups is 2. The molecule has 0 fully saturated rings. The molecule has 0 bridgehead atoms. The first-order chi connectivity index (χ1) is 16.9. The highest BCUT2D eigenvalue weighted by Gasteiger charge is 2.20. The van der Waals surface area contributed by atoms with Gasteiger partial charge in [-0.25, -0.2) is 19.7 Å². The topological polar surface area (TPSA) is 132 Å². The molecule has 0 aromatic carbocycles. The number of nitrogens with zero attached hydrogens (tertiary/aromatic N) is 4. The quantitative estimate of drug-likeness (QED) is 0.263. The maximum atomic E-state index is 11.8. The van der Waals surface area contributed by atoms with E-state index < -0.39 is 12.0 Å². The SMILES string of the molecule is CC(=O)NCCN(CCCCc1ccc2c(n1)NCCC2)CC[C@H](Nc1ncc(Br)cn1)C(=O)O. The van der Waals surface area contributed by atoms with E-state index in [2.05, 4.69) is 58.9 Å². The van der Waals surface area contributed by atoms with Gasteiger partial charge in [-0.3, -0.25) is 4.79 Å². The van der Waals surface area contributed by atoms with Gasteiger partial charge in [0.15, 0.2) is 0 Å². The minimum absolute atomic E-state index is 0.0745. The summed E-state index contributed by atoms with van der Waals surface area (Å²) in [5.41, 5.74) is 2.38. The smallest absolute Gasteiger partial charge is 0.326 e. The number of anilines is 2. The number of amides is 1. The van der Waals surface area contributed by atoms with Crippen LogP contribution in [0.4, 0.5) is 11.8 Å². The number of hydrogen-bond donors (Lipinski definition) is 4. The van der Waals surface area contributed by atoms with Gasteiger partial charge < -0.3 is 26.0 Å². The van der Waals surface area contributed by atoms with Crippen LogP contribution in [0.15, 0.2) is 29.0 Å². The van der Waals surface area contributed by atoms with Gasteiger partial charge in [0.05, 0.1) is 4.47 Å². The molecule has 4 N–H and O–H groups in total. The van der Waals surface area contributed by atoms with Crippen LogP contribution in [0.25, 0.3) is 0 Å². The number of fused-ring (bicyclic) bond motifs is 1. The summed E-state index contributed by atoms with van der Waals surface area (Å²) in [7, 11) is 0. The number of aryl methyl sites for hydroxylation is 2. The van der Waals surface area contributed by atoms with Crippen molar-refractivity contribution < 1.29 is 14.7 Å². The monoisotopic (exact) mass is 547 g/mol. The van der Waals surface area contributed by atoms with E-state index in [0.717, 1.165) is 61.2 Å². The molecule has 0 spiro atoms. The Hall–Kier alpha value is -2.79. The predicted octanol–water partition coefficient (Wildman–Crippen LogP) is 2.71. The van der Waals surface area contributed by atoms with Crippen molar-refractivity contribution >= 4 is 39.6 Å². The van der Waals surface area contributed by atoms with Gasteiger partial charge in [0.25, 0.3) is 0 Å².